The van der Waals surface area contributed by atoms with Gasteiger partial charge in [0.15, 0.2) is 5.82 Å². The molecule has 5 nitrogen and oxygen atoms in total. The topological polar surface area (TPSA) is 63.6 Å². The Labute approximate surface area is 126 Å². The van der Waals surface area contributed by atoms with Gasteiger partial charge in [0.25, 0.3) is 0 Å². The maximum Gasteiger partial charge on any atom is 0.200 e. The first-order valence-electron chi connectivity index (χ1n) is 7.08. The number of nitrogens with one attached hydrogen (secondary N) is 1. The van der Waals surface area contributed by atoms with Crippen molar-refractivity contribution in [3.63, 3.8) is 0 Å². The summed E-state index contributed by atoms with van der Waals surface area (Å²) in [7, 11) is 0. The highest BCUT2D eigenvalue weighted by atomic mass is 16.1. The van der Waals surface area contributed by atoms with E-state index in [9.17, 15) is 4.79 Å². The Bertz CT molecular complexity index is 1060. The number of H-pyrrole nitrogens is 1. The summed E-state index contributed by atoms with van der Waals surface area (Å²) in [6.45, 7) is 3.83. The summed E-state index contributed by atoms with van der Waals surface area (Å²) >= 11 is 0. The minimum atomic E-state index is 0.00660. The lowest BCUT2D eigenvalue weighted by molar-refractivity contribution is 0.848. The van der Waals surface area contributed by atoms with Crippen LogP contribution in [0.15, 0.2) is 47.4 Å². The minimum Gasteiger partial charge on any atom is -0.339 e. The van der Waals surface area contributed by atoms with Crippen LogP contribution in [0.3, 0.4) is 0 Å². The quantitative estimate of drug-likeness (QED) is 0.586. The molecule has 0 bridgehead atoms. The van der Waals surface area contributed by atoms with E-state index in [1.165, 1.54) is 0 Å². The van der Waals surface area contributed by atoms with Crippen LogP contribution in [0.2, 0.25) is 0 Å². The Morgan fingerprint density at radius 3 is 2.77 bits per heavy atom. The van der Waals surface area contributed by atoms with Crippen molar-refractivity contribution in [1.29, 1.82) is 0 Å². The van der Waals surface area contributed by atoms with Crippen molar-refractivity contribution < 1.29 is 0 Å². The van der Waals surface area contributed by atoms with Gasteiger partial charge in [-0.3, -0.25) is 4.79 Å². The molecule has 108 valence electrons. The SMILES string of the molecule is Cc1ccc2[nH]c3c(c(C)nn3-c3ccccn3)c(=O)c2c1. The van der Waals surface area contributed by atoms with Gasteiger partial charge in [0.2, 0.25) is 5.43 Å². The number of aromatic nitrogens is 4. The maximum absolute atomic E-state index is 12.8. The summed E-state index contributed by atoms with van der Waals surface area (Å²) in [5, 5.41) is 5.79. The van der Waals surface area contributed by atoms with E-state index in [4.69, 9.17) is 0 Å². The van der Waals surface area contributed by atoms with E-state index in [-0.39, 0.29) is 5.43 Å². The summed E-state index contributed by atoms with van der Waals surface area (Å²) < 4.78 is 1.69. The first-order valence-corrected chi connectivity index (χ1v) is 7.08. The van der Waals surface area contributed by atoms with Gasteiger partial charge in [-0.25, -0.2) is 4.98 Å². The predicted molar refractivity (Wildman–Crippen MR) is 86.5 cm³/mol. The third kappa shape index (κ3) is 1.75. The van der Waals surface area contributed by atoms with E-state index in [2.05, 4.69) is 15.1 Å². The second-order valence-corrected chi connectivity index (χ2v) is 5.41. The van der Waals surface area contributed by atoms with Crippen molar-refractivity contribution in [3.05, 3.63) is 64.1 Å². The van der Waals surface area contributed by atoms with Gasteiger partial charge in [-0.15, -0.1) is 0 Å². The summed E-state index contributed by atoms with van der Waals surface area (Å²) in [5.74, 6) is 0.683. The number of hydrogen-bond donors (Lipinski definition) is 1. The molecule has 22 heavy (non-hydrogen) atoms. The van der Waals surface area contributed by atoms with Gasteiger partial charge in [-0.05, 0) is 38.1 Å². The average Bonchev–Trinajstić information content (AvgIpc) is 2.86. The van der Waals surface area contributed by atoms with Crippen LogP contribution in [0.25, 0.3) is 27.8 Å². The van der Waals surface area contributed by atoms with E-state index in [1.807, 2.05) is 50.2 Å². The van der Waals surface area contributed by atoms with Crippen molar-refractivity contribution in [2.45, 2.75) is 13.8 Å². The number of aryl methyl sites for hydroxylation is 2. The third-order valence-corrected chi connectivity index (χ3v) is 3.83. The van der Waals surface area contributed by atoms with Crippen molar-refractivity contribution in [2.75, 3.05) is 0 Å². The first kappa shape index (κ1) is 12.8. The van der Waals surface area contributed by atoms with E-state index >= 15 is 0 Å². The van der Waals surface area contributed by atoms with Gasteiger partial charge in [-0.2, -0.15) is 9.78 Å². The number of hydrogen-bond acceptors (Lipinski definition) is 3. The Morgan fingerprint density at radius 1 is 1.14 bits per heavy atom. The van der Waals surface area contributed by atoms with Gasteiger partial charge in [0.05, 0.1) is 16.6 Å². The molecule has 0 fully saturated rings. The molecule has 0 spiro atoms. The van der Waals surface area contributed by atoms with Crippen LogP contribution in [0.5, 0.6) is 0 Å². The van der Waals surface area contributed by atoms with Gasteiger partial charge in [0.1, 0.15) is 5.65 Å². The molecule has 1 aromatic carbocycles. The first-order chi connectivity index (χ1) is 10.6. The fraction of sp³-hybridized carbons (Fsp3) is 0.118. The summed E-state index contributed by atoms with van der Waals surface area (Å²) in [6, 6.07) is 11.4. The van der Waals surface area contributed by atoms with Gasteiger partial charge < -0.3 is 4.98 Å². The monoisotopic (exact) mass is 290 g/mol. The molecule has 0 aliphatic rings. The number of aromatic amines is 1. The average molecular weight is 290 g/mol. The van der Waals surface area contributed by atoms with Crippen LogP contribution in [-0.2, 0) is 0 Å². The Hall–Kier alpha value is -2.95. The number of nitrogens with zero attached hydrogens (tertiary/aromatic N) is 3. The van der Waals surface area contributed by atoms with Crippen LogP contribution < -0.4 is 5.43 Å². The van der Waals surface area contributed by atoms with Gasteiger partial charge in [-0.1, -0.05) is 17.7 Å². The van der Waals surface area contributed by atoms with Crippen molar-refractivity contribution in [2.24, 2.45) is 0 Å². The molecule has 0 saturated carbocycles. The summed E-state index contributed by atoms with van der Waals surface area (Å²) in [6.07, 6.45) is 1.71. The lowest BCUT2D eigenvalue weighted by Gasteiger charge is -2.04. The second-order valence-electron chi connectivity index (χ2n) is 5.41. The maximum atomic E-state index is 12.8. The molecule has 4 aromatic rings. The lowest BCUT2D eigenvalue weighted by atomic mass is 10.1. The molecule has 1 N–H and O–H groups in total. The minimum absolute atomic E-state index is 0.00660. The van der Waals surface area contributed by atoms with Crippen LogP contribution in [0.4, 0.5) is 0 Å². The molecule has 4 rings (SSSR count). The molecule has 3 aromatic heterocycles. The number of pyridine rings is 2. The Morgan fingerprint density at radius 2 is 2.00 bits per heavy atom. The molecule has 0 atom stereocenters. The highest BCUT2D eigenvalue weighted by Gasteiger charge is 2.15. The Balaban J connectivity index is 2.17. The third-order valence-electron chi connectivity index (χ3n) is 3.83. The van der Waals surface area contributed by atoms with Crippen LogP contribution in [0.1, 0.15) is 11.3 Å². The van der Waals surface area contributed by atoms with Crippen molar-refractivity contribution >= 4 is 21.9 Å². The predicted octanol–water partition coefficient (Wildman–Crippen LogP) is 2.88. The fourth-order valence-corrected chi connectivity index (χ4v) is 2.78. The molecule has 0 aliphatic carbocycles. The summed E-state index contributed by atoms with van der Waals surface area (Å²) in [4.78, 5) is 20.5. The molecule has 0 aliphatic heterocycles. The van der Waals surface area contributed by atoms with Gasteiger partial charge >= 0.3 is 0 Å². The molecular formula is C17H14N4O. The molecule has 3 heterocycles. The van der Waals surface area contributed by atoms with Crippen molar-refractivity contribution in [3.8, 4) is 5.82 Å². The van der Waals surface area contributed by atoms with E-state index in [1.54, 1.807) is 10.9 Å². The second kappa shape index (κ2) is 4.53. The number of benzene rings is 1. The van der Waals surface area contributed by atoms with E-state index < -0.39 is 0 Å². The molecule has 5 heteroatoms. The van der Waals surface area contributed by atoms with Crippen LogP contribution in [-0.4, -0.2) is 19.7 Å². The van der Waals surface area contributed by atoms with Gasteiger partial charge in [0, 0.05) is 11.6 Å². The van der Waals surface area contributed by atoms with Crippen LogP contribution in [0, 0.1) is 13.8 Å². The normalized spacial score (nSPS) is 11.4. The highest BCUT2D eigenvalue weighted by Crippen LogP contribution is 2.20. The molecular weight excluding hydrogens is 276 g/mol. The lowest BCUT2D eigenvalue weighted by Crippen LogP contribution is -2.06. The van der Waals surface area contributed by atoms with E-state index in [0.29, 0.717) is 27.9 Å². The Kier molecular flexibility index (Phi) is 2.63. The standard InChI is InChI=1S/C17H14N4O/c1-10-6-7-13-12(9-10)16(22)15-11(2)20-21(17(15)19-13)14-5-3-4-8-18-14/h3-9H,1-2H3,(H,19,22). The summed E-state index contributed by atoms with van der Waals surface area (Å²) in [5.41, 5.74) is 3.25. The zero-order chi connectivity index (χ0) is 15.3. The molecule has 0 amide bonds. The molecule has 0 saturated heterocycles. The number of fused-ring (bicyclic) bond motifs is 2. The smallest absolute Gasteiger partial charge is 0.200 e. The highest BCUT2D eigenvalue weighted by molar-refractivity contribution is 5.93. The zero-order valence-electron chi connectivity index (χ0n) is 12.3. The van der Waals surface area contributed by atoms with E-state index in [0.717, 1.165) is 11.1 Å². The molecule has 0 radical (unpaired) electrons. The zero-order valence-corrected chi connectivity index (χ0v) is 12.3. The largest absolute Gasteiger partial charge is 0.339 e. The fourth-order valence-electron chi connectivity index (χ4n) is 2.78. The van der Waals surface area contributed by atoms with Crippen LogP contribution >= 0.6 is 0 Å². The van der Waals surface area contributed by atoms with Crippen molar-refractivity contribution in [1.82, 2.24) is 19.7 Å². The molecule has 0 unspecified atom stereocenters. The number of rotatable bonds is 1.